The minimum absolute atomic E-state index is 0.0750. The predicted octanol–water partition coefficient (Wildman–Crippen LogP) is 2.89. The zero-order chi connectivity index (χ0) is 13.8. The molecule has 0 aliphatic heterocycles. The molecule has 0 aliphatic rings. The minimum Gasteiger partial charge on any atom is -0.349 e. The first-order valence-corrected chi connectivity index (χ1v) is 6.82. The van der Waals surface area contributed by atoms with Gasteiger partial charge in [-0.05, 0) is 25.0 Å². The zero-order valence-corrected chi connectivity index (χ0v) is 11.8. The molecule has 0 bridgehead atoms. The Hall–Kier alpha value is -1.84. The van der Waals surface area contributed by atoms with Crippen LogP contribution in [0.2, 0.25) is 0 Å². The second kappa shape index (κ2) is 5.87. The van der Waals surface area contributed by atoms with Crippen molar-refractivity contribution < 1.29 is 4.79 Å². The summed E-state index contributed by atoms with van der Waals surface area (Å²) in [5.74, 6) is 1.51. The van der Waals surface area contributed by atoms with Gasteiger partial charge in [-0.3, -0.25) is 4.79 Å². The number of hydrogen-bond donors (Lipinski definition) is 1. The van der Waals surface area contributed by atoms with Crippen molar-refractivity contribution in [2.24, 2.45) is 5.92 Å². The van der Waals surface area contributed by atoms with Crippen molar-refractivity contribution in [3.63, 3.8) is 0 Å². The third-order valence-corrected chi connectivity index (χ3v) is 3.58. The maximum Gasteiger partial charge on any atom is 0.207 e. The number of benzene rings is 1. The molecule has 2 atom stereocenters. The molecule has 0 saturated heterocycles. The lowest BCUT2D eigenvalue weighted by Crippen LogP contribution is -2.21. The van der Waals surface area contributed by atoms with Crippen LogP contribution >= 0.6 is 0 Å². The van der Waals surface area contributed by atoms with E-state index in [0.29, 0.717) is 5.92 Å². The van der Waals surface area contributed by atoms with E-state index in [0.717, 1.165) is 36.2 Å². The van der Waals surface area contributed by atoms with Gasteiger partial charge in [0, 0.05) is 6.54 Å². The third-order valence-electron chi connectivity index (χ3n) is 3.58. The molecule has 0 radical (unpaired) electrons. The van der Waals surface area contributed by atoms with E-state index in [4.69, 9.17) is 0 Å². The summed E-state index contributed by atoms with van der Waals surface area (Å²) in [4.78, 5) is 15.3. The molecule has 0 saturated carbocycles. The first-order valence-electron chi connectivity index (χ1n) is 6.82. The summed E-state index contributed by atoms with van der Waals surface area (Å²) >= 11 is 0. The van der Waals surface area contributed by atoms with Crippen molar-refractivity contribution in [2.75, 3.05) is 0 Å². The first kappa shape index (κ1) is 13.6. The lowest BCUT2D eigenvalue weighted by atomic mass is 10.1. The van der Waals surface area contributed by atoms with E-state index in [-0.39, 0.29) is 6.04 Å². The Labute approximate surface area is 113 Å². The van der Waals surface area contributed by atoms with Crippen LogP contribution in [0.5, 0.6) is 0 Å². The number of aromatic nitrogens is 2. The van der Waals surface area contributed by atoms with Gasteiger partial charge in [-0.25, -0.2) is 4.98 Å². The van der Waals surface area contributed by atoms with E-state index in [1.165, 1.54) is 0 Å². The van der Waals surface area contributed by atoms with Crippen LogP contribution in [0.15, 0.2) is 24.3 Å². The van der Waals surface area contributed by atoms with E-state index >= 15 is 0 Å². The van der Waals surface area contributed by atoms with E-state index in [1.54, 1.807) is 0 Å². The molecule has 19 heavy (non-hydrogen) atoms. The Bertz CT molecular complexity index is 562. The Morgan fingerprint density at radius 1 is 1.37 bits per heavy atom. The summed E-state index contributed by atoms with van der Waals surface area (Å²) in [6.07, 6.45) is 1.86. The monoisotopic (exact) mass is 259 g/mol. The molecule has 1 amide bonds. The topological polar surface area (TPSA) is 46.9 Å². The Morgan fingerprint density at radius 3 is 2.79 bits per heavy atom. The molecule has 0 spiro atoms. The normalized spacial score (nSPS) is 14.3. The second-order valence-corrected chi connectivity index (χ2v) is 5.09. The van der Waals surface area contributed by atoms with Crippen molar-refractivity contribution in [1.29, 1.82) is 0 Å². The van der Waals surface area contributed by atoms with Gasteiger partial charge in [-0.1, -0.05) is 32.4 Å². The van der Waals surface area contributed by atoms with Crippen molar-refractivity contribution in [3.8, 4) is 0 Å². The SMILES string of the molecule is CC[C@H](C)Cn1c([C@@H](C)NC=O)nc2ccccc21. The predicted molar refractivity (Wildman–Crippen MR) is 76.8 cm³/mol. The molecule has 1 N–H and O–H groups in total. The number of carbonyl (C=O) groups excluding carboxylic acids is 1. The highest BCUT2D eigenvalue weighted by Gasteiger charge is 2.16. The molecule has 4 heteroatoms. The van der Waals surface area contributed by atoms with Crippen LogP contribution in [-0.4, -0.2) is 16.0 Å². The first-order chi connectivity index (χ1) is 9.17. The number of hydrogen-bond acceptors (Lipinski definition) is 2. The molecule has 2 rings (SSSR count). The second-order valence-electron chi connectivity index (χ2n) is 5.09. The Kier molecular flexibility index (Phi) is 4.20. The van der Waals surface area contributed by atoms with Crippen LogP contribution in [0.25, 0.3) is 11.0 Å². The fraction of sp³-hybridized carbons (Fsp3) is 0.467. The maximum absolute atomic E-state index is 10.6. The standard InChI is InChI=1S/C15H21N3O/c1-4-11(2)9-18-14-8-6-5-7-13(14)17-15(18)12(3)16-10-19/h5-8,10-12H,4,9H2,1-3H3,(H,16,19)/t11-,12+/m0/s1. The quantitative estimate of drug-likeness (QED) is 0.811. The largest absolute Gasteiger partial charge is 0.349 e. The van der Waals surface area contributed by atoms with E-state index < -0.39 is 0 Å². The Morgan fingerprint density at radius 2 is 2.11 bits per heavy atom. The molecule has 0 aliphatic carbocycles. The molecular weight excluding hydrogens is 238 g/mol. The van der Waals surface area contributed by atoms with Crippen LogP contribution in [0.3, 0.4) is 0 Å². The number of fused-ring (bicyclic) bond motifs is 1. The highest BCUT2D eigenvalue weighted by Crippen LogP contribution is 2.22. The van der Waals surface area contributed by atoms with Gasteiger partial charge in [0.25, 0.3) is 0 Å². The van der Waals surface area contributed by atoms with Crippen LogP contribution in [-0.2, 0) is 11.3 Å². The lowest BCUT2D eigenvalue weighted by Gasteiger charge is -2.17. The van der Waals surface area contributed by atoms with Crippen LogP contribution in [0.4, 0.5) is 0 Å². The van der Waals surface area contributed by atoms with E-state index in [9.17, 15) is 4.79 Å². The summed E-state index contributed by atoms with van der Waals surface area (Å²) in [5, 5.41) is 2.79. The molecular formula is C15H21N3O. The van der Waals surface area contributed by atoms with Gasteiger partial charge in [0.15, 0.2) is 0 Å². The summed E-state index contributed by atoms with van der Waals surface area (Å²) in [6.45, 7) is 7.31. The summed E-state index contributed by atoms with van der Waals surface area (Å²) < 4.78 is 2.23. The van der Waals surface area contributed by atoms with Gasteiger partial charge in [0.05, 0.1) is 17.1 Å². The Balaban J connectivity index is 2.48. The fourth-order valence-corrected chi connectivity index (χ4v) is 2.23. The van der Waals surface area contributed by atoms with Gasteiger partial charge < -0.3 is 9.88 Å². The van der Waals surface area contributed by atoms with Crippen molar-refractivity contribution in [3.05, 3.63) is 30.1 Å². The molecule has 102 valence electrons. The number of para-hydroxylation sites is 2. The minimum atomic E-state index is -0.0750. The number of nitrogens with one attached hydrogen (secondary N) is 1. The van der Waals surface area contributed by atoms with Gasteiger partial charge in [-0.15, -0.1) is 0 Å². The van der Waals surface area contributed by atoms with Crippen LogP contribution in [0.1, 0.15) is 39.1 Å². The zero-order valence-electron chi connectivity index (χ0n) is 11.8. The molecule has 0 unspecified atom stereocenters. The van der Waals surface area contributed by atoms with Crippen LogP contribution in [0, 0.1) is 5.92 Å². The average Bonchev–Trinajstić information content (AvgIpc) is 2.78. The van der Waals surface area contributed by atoms with Gasteiger partial charge in [0.1, 0.15) is 5.82 Å². The van der Waals surface area contributed by atoms with E-state index in [2.05, 4.69) is 34.8 Å². The summed E-state index contributed by atoms with van der Waals surface area (Å²) in [7, 11) is 0. The number of rotatable bonds is 6. The smallest absolute Gasteiger partial charge is 0.207 e. The highest BCUT2D eigenvalue weighted by molar-refractivity contribution is 5.76. The molecule has 0 fully saturated rings. The van der Waals surface area contributed by atoms with Gasteiger partial charge in [0.2, 0.25) is 6.41 Å². The lowest BCUT2D eigenvalue weighted by molar-refractivity contribution is -0.110. The average molecular weight is 259 g/mol. The molecule has 4 nitrogen and oxygen atoms in total. The number of imidazole rings is 1. The molecule has 1 aromatic carbocycles. The summed E-state index contributed by atoms with van der Waals surface area (Å²) in [5.41, 5.74) is 2.12. The molecule has 2 aromatic rings. The van der Waals surface area contributed by atoms with Crippen molar-refractivity contribution in [2.45, 2.75) is 39.8 Å². The van der Waals surface area contributed by atoms with E-state index in [1.807, 2.05) is 25.1 Å². The van der Waals surface area contributed by atoms with Crippen molar-refractivity contribution >= 4 is 17.4 Å². The third kappa shape index (κ3) is 2.78. The highest BCUT2D eigenvalue weighted by atomic mass is 16.1. The van der Waals surface area contributed by atoms with Crippen LogP contribution < -0.4 is 5.32 Å². The molecule has 1 heterocycles. The summed E-state index contributed by atoms with van der Waals surface area (Å²) in [6, 6.07) is 8.04. The molecule has 1 aromatic heterocycles. The number of amides is 1. The number of nitrogens with zero attached hydrogens (tertiary/aromatic N) is 2. The number of carbonyl (C=O) groups is 1. The fourth-order valence-electron chi connectivity index (χ4n) is 2.23. The maximum atomic E-state index is 10.6. The van der Waals surface area contributed by atoms with Gasteiger partial charge >= 0.3 is 0 Å². The van der Waals surface area contributed by atoms with Crippen molar-refractivity contribution in [1.82, 2.24) is 14.9 Å². The van der Waals surface area contributed by atoms with Gasteiger partial charge in [-0.2, -0.15) is 0 Å².